The Morgan fingerprint density at radius 1 is 0.467 bits per heavy atom. The van der Waals surface area contributed by atoms with Gasteiger partial charge in [0.15, 0.2) is 0 Å². The Bertz CT molecular complexity index is 921. The van der Waals surface area contributed by atoms with Gasteiger partial charge in [-0.05, 0) is 90.0 Å². The highest BCUT2D eigenvalue weighted by molar-refractivity contribution is 5.69. The fourth-order valence-electron chi connectivity index (χ4n) is 8.22. The van der Waals surface area contributed by atoms with Crippen LogP contribution >= 0.6 is 0 Å². The molecular weight excluding hydrogens is 741 g/mol. The smallest absolute Gasteiger partial charge is 0.305 e. The molecule has 354 valence electrons. The maximum absolute atomic E-state index is 12.0. The number of carboxylic acids is 1. The molecule has 6 nitrogen and oxygen atoms in total. The third kappa shape index (κ3) is 50.7. The number of rotatable bonds is 51. The molecule has 0 aromatic carbocycles. The highest BCUT2D eigenvalue weighted by Crippen LogP contribution is 2.15. The van der Waals surface area contributed by atoms with Crippen molar-refractivity contribution in [2.45, 2.75) is 289 Å². The Kier molecular flexibility index (Phi) is 50.3. The Hall–Kier alpha value is -1.66. The monoisotopic (exact) mass is 845 g/mol. The van der Waals surface area contributed by atoms with Crippen molar-refractivity contribution in [2.75, 3.05) is 19.7 Å². The number of nitrogens with two attached hydrogens (primary N) is 1. The molecule has 0 aliphatic heterocycles. The first kappa shape index (κ1) is 58.3. The molecule has 0 bridgehead atoms. The average Bonchev–Trinajstić information content (AvgIpc) is 3.24. The molecule has 0 heterocycles. The average molecular weight is 845 g/mol. The van der Waals surface area contributed by atoms with E-state index in [1.165, 1.54) is 225 Å². The number of nitrogens with one attached hydrogen (secondary N) is 1. The molecule has 4 N–H and O–H groups in total. The summed E-state index contributed by atoms with van der Waals surface area (Å²) in [5.41, 5.74) is 6.07. The molecule has 0 aromatic rings. The van der Waals surface area contributed by atoms with Crippen molar-refractivity contribution >= 4 is 11.9 Å². The van der Waals surface area contributed by atoms with Crippen LogP contribution < -0.4 is 11.1 Å². The lowest BCUT2D eigenvalue weighted by atomic mass is 10.0. The zero-order valence-electron chi connectivity index (χ0n) is 40.2. The van der Waals surface area contributed by atoms with Gasteiger partial charge in [-0.15, -0.1) is 0 Å². The Morgan fingerprint density at radius 3 is 1.23 bits per heavy atom. The number of unbranched alkanes of at least 4 members (excludes halogenated alkanes) is 35. The summed E-state index contributed by atoms with van der Waals surface area (Å²) in [5.74, 6) is -0.662. The van der Waals surface area contributed by atoms with Crippen molar-refractivity contribution in [3.8, 4) is 0 Å². The van der Waals surface area contributed by atoms with Crippen LogP contribution in [0.15, 0.2) is 24.3 Å². The molecule has 6 heteroatoms. The minimum atomic E-state index is -0.670. The molecule has 0 saturated heterocycles. The molecule has 0 aliphatic carbocycles. The van der Waals surface area contributed by atoms with Gasteiger partial charge >= 0.3 is 11.9 Å². The third-order valence-corrected chi connectivity index (χ3v) is 12.3. The van der Waals surface area contributed by atoms with Crippen molar-refractivity contribution < 1.29 is 19.4 Å². The van der Waals surface area contributed by atoms with Gasteiger partial charge in [0, 0.05) is 25.4 Å². The maximum Gasteiger partial charge on any atom is 0.305 e. The Morgan fingerprint density at radius 2 is 0.817 bits per heavy atom. The van der Waals surface area contributed by atoms with Crippen molar-refractivity contribution in [1.29, 1.82) is 0 Å². The normalized spacial score (nSPS) is 12.3. The zero-order valence-corrected chi connectivity index (χ0v) is 40.2. The second-order valence-electron chi connectivity index (χ2n) is 18.3. The molecule has 0 amide bonds. The quantitative estimate of drug-likeness (QED) is 0.0320. The van der Waals surface area contributed by atoms with Crippen molar-refractivity contribution in [2.24, 2.45) is 5.73 Å². The first-order chi connectivity index (χ1) is 29.6. The Labute approximate surface area is 374 Å². The van der Waals surface area contributed by atoms with E-state index < -0.39 is 5.97 Å². The molecule has 0 fully saturated rings. The molecule has 0 aliphatic rings. The minimum Gasteiger partial charge on any atom is -0.481 e. The summed E-state index contributed by atoms with van der Waals surface area (Å²) in [6.07, 6.45) is 62.6. The number of carboxylic acid groups (broad SMARTS) is 1. The number of allylic oxidation sites excluding steroid dienone is 4. The molecule has 0 rings (SSSR count). The molecule has 1 unspecified atom stereocenters. The molecule has 0 radical (unpaired) electrons. The lowest BCUT2D eigenvalue weighted by Gasteiger charge is -2.16. The van der Waals surface area contributed by atoms with Crippen LogP contribution in [-0.2, 0) is 14.3 Å². The van der Waals surface area contributed by atoms with Crippen LogP contribution in [0.2, 0.25) is 0 Å². The van der Waals surface area contributed by atoms with E-state index in [2.05, 4.69) is 36.5 Å². The van der Waals surface area contributed by atoms with Crippen LogP contribution in [0, 0.1) is 0 Å². The fraction of sp³-hybridized carbons (Fsp3) is 0.889. The summed E-state index contributed by atoms with van der Waals surface area (Å²) in [5, 5.41) is 12.4. The summed E-state index contributed by atoms with van der Waals surface area (Å²) in [7, 11) is 0. The highest BCUT2D eigenvalue weighted by atomic mass is 16.5. The van der Waals surface area contributed by atoms with Crippen molar-refractivity contribution in [3.63, 3.8) is 0 Å². The van der Waals surface area contributed by atoms with Crippen LogP contribution in [0.25, 0.3) is 0 Å². The molecule has 1 atom stereocenters. The number of hydrogen-bond donors (Lipinski definition) is 3. The summed E-state index contributed by atoms with van der Waals surface area (Å²) >= 11 is 0. The number of esters is 1. The topological polar surface area (TPSA) is 102 Å². The Balaban J connectivity index is 3.34. The van der Waals surface area contributed by atoms with Gasteiger partial charge in [0.2, 0.25) is 0 Å². The number of carbonyl (C=O) groups is 2. The molecule has 0 aromatic heterocycles. The number of aliphatic carboxylic acids is 1. The van der Waals surface area contributed by atoms with Gasteiger partial charge in [-0.2, -0.15) is 0 Å². The number of hydrogen-bond acceptors (Lipinski definition) is 5. The van der Waals surface area contributed by atoms with Crippen LogP contribution in [0.4, 0.5) is 0 Å². The molecule has 0 saturated carbocycles. The van der Waals surface area contributed by atoms with E-state index in [9.17, 15) is 9.59 Å². The predicted octanol–water partition coefficient (Wildman–Crippen LogP) is 16.4. The van der Waals surface area contributed by atoms with E-state index in [0.717, 1.165) is 51.6 Å². The first-order valence-electron chi connectivity index (χ1n) is 26.7. The van der Waals surface area contributed by atoms with Crippen LogP contribution in [-0.4, -0.2) is 42.8 Å². The summed E-state index contributed by atoms with van der Waals surface area (Å²) < 4.78 is 5.47. The van der Waals surface area contributed by atoms with Gasteiger partial charge in [-0.25, -0.2) is 0 Å². The van der Waals surface area contributed by atoms with E-state index in [4.69, 9.17) is 15.6 Å². The van der Waals surface area contributed by atoms with E-state index in [0.29, 0.717) is 25.5 Å². The van der Waals surface area contributed by atoms with E-state index in [1.807, 2.05) is 0 Å². The predicted molar refractivity (Wildman–Crippen MR) is 262 cm³/mol. The van der Waals surface area contributed by atoms with Gasteiger partial charge in [0.05, 0.1) is 6.61 Å². The molecular formula is C54H104N2O4. The van der Waals surface area contributed by atoms with Crippen molar-refractivity contribution in [1.82, 2.24) is 5.32 Å². The van der Waals surface area contributed by atoms with Crippen molar-refractivity contribution in [3.05, 3.63) is 24.3 Å². The van der Waals surface area contributed by atoms with E-state index >= 15 is 0 Å². The van der Waals surface area contributed by atoms with Crippen LogP contribution in [0.5, 0.6) is 0 Å². The third-order valence-electron chi connectivity index (χ3n) is 12.3. The van der Waals surface area contributed by atoms with E-state index in [-0.39, 0.29) is 5.97 Å². The highest BCUT2D eigenvalue weighted by Gasteiger charge is 2.06. The number of ether oxygens (including phenoxy) is 1. The minimum absolute atomic E-state index is 0.00784. The second-order valence-corrected chi connectivity index (χ2v) is 18.3. The van der Waals surface area contributed by atoms with Gasteiger partial charge in [0.1, 0.15) is 0 Å². The lowest BCUT2D eigenvalue weighted by Crippen LogP contribution is -2.36. The maximum atomic E-state index is 12.0. The van der Waals surface area contributed by atoms with Gasteiger partial charge < -0.3 is 20.9 Å². The van der Waals surface area contributed by atoms with Crippen LogP contribution in [0.1, 0.15) is 283 Å². The fourth-order valence-corrected chi connectivity index (χ4v) is 8.22. The standard InChI is InChI=1S/C54H104N2O4/c1-2-3-4-5-6-7-8-9-20-25-30-35-40-45-50-60-54(59)48-43-38-33-28-23-18-14-11-15-19-24-29-34-39-44-49-56-52(51-55)46-41-36-31-26-21-16-12-10-13-17-22-27-32-37-42-47-53(57)58/h10-11,13-14,52,56H,2-9,12,15-51,55H2,1H3,(H,57,58)/b13-10-,14-11-. The molecule has 60 heavy (non-hydrogen) atoms. The first-order valence-corrected chi connectivity index (χ1v) is 26.7. The summed E-state index contributed by atoms with van der Waals surface area (Å²) in [4.78, 5) is 22.6. The lowest BCUT2D eigenvalue weighted by molar-refractivity contribution is -0.144. The van der Waals surface area contributed by atoms with E-state index in [1.54, 1.807) is 0 Å². The summed E-state index contributed by atoms with van der Waals surface area (Å²) in [6.45, 7) is 4.76. The molecule has 0 spiro atoms. The summed E-state index contributed by atoms with van der Waals surface area (Å²) in [6, 6.07) is 0.482. The largest absolute Gasteiger partial charge is 0.481 e. The van der Waals surface area contributed by atoms with Crippen LogP contribution in [0.3, 0.4) is 0 Å². The van der Waals surface area contributed by atoms with Gasteiger partial charge in [-0.3, -0.25) is 9.59 Å². The second kappa shape index (κ2) is 51.7. The zero-order chi connectivity index (χ0) is 43.5. The van der Waals surface area contributed by atoms with Gasteiger partial charge in [0.25, 0.3) is 0 Å². The van der Waals surface area contributed by atoms with Gasteiger partial charge in [-0.1, -0.05) is 211 Å². The SMILES string of the molecule is CCCCCCCCCCCCCCCCOC(=O)CCCCCCC/C=C\CCCCCCCCNC(CN)CCCCCCCC/C=C\CCCCCCCC(=O)O. The number of carbonyl (C=O) groups excluding carboxylic acids is 1.